The second-order valence-corrected chi connectivity index (χ2v) is 8.02. The molecule has 0 bridgehead atoms. The van der Waals surface area contributed by atoms with Gasteiger partial charge in [0.1, 0.15) is 0 Å². The Hall–Kier alpha value is -1.83. The predicted molar refractivity (Wildman–Crippen MR) is 110 cm³/mol. The Bertz CT molecular complexity index is 610. The van der Waals surface area contributed by atoms with E-state index >= 15 is 0 Å². The highest BCUT2D eigenvalue weighted by molar-refractivity contribution is 5.78. The summed E-state index contributed by atoms with van der Waals surface area (Å²) in [5.74, 6) is 1.11. The second-order valence-electron chi connectivity index (χ2n) is 8.02. The number of benzene rings is 1. The van der Waals surface area contributed by atoms with E-state index in [1.165, 1.54) is 0 Å². The van der Waals surface area contributed by atoms with E-state index in [9.17, 15) is 4.79 Å². The average Bonchev–Trinajstić information content (AvgIpc) is 2.65. The SMILES string of the molecule is COc1cccc(CNCCCN2CCOCC2)c1OCC(=O)NC(C)(C)C. The number of amides is 1. The third-order valence-electron chi connectivity index (χ3n) is 4.39. The maximum Gasteiger partial charge on any atom is 0.258 e. The van der Waals surface area contributed by atoms with Crippen LogP contribution in [0.5, 0.6) is 11.5 Å². The number of methoxy groups -OCH3 is 1. The van der Waals surface area contributed by atoms with Gasteiger partial charge in [-0.05, 0) is 46.3 Å². The minimum absolute atomic E-state index is 0.0400. The molecular weight excluding hydrogens is 358 g/mol. The monoisotopic (exact) mass is 393 g/mol. The van der Waals surface area contributed by atoms with Crippen molar-refractivity contribution in [3.8, 4) is 11.5 Å². The van der Waals surface area contributed by atoms with Crippen molar-refractivity contribution in [3.63, 3.8) is 0 Å². The van der Waals surface area contributed by atoms with E-state index in [-0.39, 0.29) is 18.1 Å². The third-order valence-corrected chi connectivity index (χ3v) is 4.39. The molecule has 1 heterocycles. The first-order chi connectivity index (χ1) is 13.4. The molecule has 1 aromatic carbocycles. The van der Waals surface area contributed by atoms with Crippen molar-refractivity contribution in [2.75, 3.05) is 53.1 Å². The fourth-order valence-corrected chi connectivity index (χ4v) is 3.09. The maximum atomic E-state index is 12.1. The Morgan fingerprint density at radius 3 is 2.68 bits per heavy atom. The summed E-state index contributed by atoms with van der Waals surface area (Å²) in [5, 5.41) is 6.37. The second kappa shape index (κ2) is 11.2. The molecule has 1 aliphatic heterocycles. The van der Waals surface area contributed by atoms with Crippen LogP contribution < -0.4 is 20.1 Å². The van der Waals surface area contributed by atoms with E-state index < -0.39 is 0 Å². The third kappa shape index (κ3) is 8.04. The van der Waals surface area contributed by atoms with Crippen molar-refractivity contribution in [2.24, 2.45) is 0 Å². The zero-order valence-electron chi connectivity index (χ0n) is 17.7. The van der Waals surface area contributed by atoms with Gasteiger partial charge in [-0.2, -0.15) is 0 Å². The Morgan fingerprint density at radius 2 is 2.00 bits per heavy atom. The molecule has 28 heavy (non-hydrogen) atoms. The molecular formula is C21H35N3O4. The summed E-state index contributed by atoms with van der Waals surface area (Å²) < 4.78 is 16.6. The molecule has 1 aliphatic rings. The smallest absolute Gasteiger partial charge is 0.258 e. The van der Waals surface area contributed by atoms with Crippen LogP contribution in [-0.2, 0) is 16.1 Å². The largest absolute Gasteiger partial charge is 0.493 e. The van der Waals surface area contributed by atoms with Crippen molar-refractivity contribution in [2.45, 2.75) is 39.3 Å². The number of carbonyl (C=O) groups excluding carboxylic acids is 1. The van der Waals surface area contributed by atoms with Gasteiger partial charge >= 0.3 is 0 Å². The first-order valence-electron chi connectivity index (χ1n) is 9.99. The maximum absolute atomic E-state index is 12.1. The Kier molecular flexibility index (Phi) is 9.02. The number of nitrogens with one attached hydrogen (secondary N) is 2. The molecule has 7 heteroatoms. The molecule has 1 aromatic rings. The molecule has 2 rings (SSSR count). The fourth-order valence-electron chi connectivity index (χ4n) is 3.09. The van der Waals surface area contributed by atoms with Gasteiger partial charge in [0.05, 0.1) is 20.3 Å². The van der Waals surface area contributed by atoms with Gasteiger partial charge in [-0.25, -0.2) is 0 Å². The molecule has 0 aliphatic carbocycles. The lowest BCUT2D eigenvalue weighted by Crippen LogP contribution is -2.43. The number of morpholine rings is 1. The number of carbonyl (C=O) groups is 1. The molecule has 158 valence electrons. The van der Waals surface area contributed by atoms with E-state index in [0.29, 0.717) is 18.0 Å². The zero-order valence-corrected chi connectivity index (χ0v) is 17.7. The first kappa shape index (κ1) is 22.5. The molecule has 0 radical (unpaired) electrons. The molecule has 0 atom stereocenters. The predicted octanol–water partition coefficient (Wildman–Crippen LogP) is 1.80. The van der Waals surface area contributed by atoms with Gasteiger partial charge < -0.3 is 24.8 Å². The standard InChI is InChI=1S/C21H35N3O4/c1-21(2,3)23-19(25)16-28-20-17(7-5-8-18(20)26-4)15-22-9-6-10-24-11-13-27-14-12-24/h5,7-8,22H,6,9-16H2,1-4H3,(H,23,25). The van der Waals surface area contributed by atoms with Crippen molar-refractivity contribution < 1.29 is 19.0 Å². The van der Waals surface area contributed by atoms with Gasteiger partial charge in [0, 0.05) is 30.7 Å². The van der Waals surface area contributed by atoms with Crippen LogP contribution in [0.15, 0.2) is 18.2 Å². The summed E-state index contributed by atoms with van der Waals surface area (Å²) in [6, 6.07) is 5.78. The molecule has 1 amide bonds. The van der Waals surface area contributed by atoms with Crippen LogP contribution in [0, 0.1) is 0 Å². The van der Waals surface area contributed by atoms with Crippen LogP contribution in [0.3, 0.4) is 0 Å². The average molecular weight is 394 g/mol. The molecule has 0 spiro atoms. The number of hydrogen-bond acceptors (Lipinski definition) is 6. The number of ether oxygens (including phenoxy) is 3. The van der Waals surface area contributed by atoms with Gasteiger partial charge in [-0.1, -0.05) is 12.1 Å². The first-order valence-corrected chi connectivity index (χ1v) is 9.99. The van der Waals surface area contributed by atoms with E-state index in [2.05, 4.69) is 15.5 Å². The summed E-state index contributed by atoms with van der Waals surface area (Å²) in [4.78, 5) is 14.5. The number of nitrogens with zero attached hydrogens (tertiary/aromatic N) is 1. The number of rotatable bonds is 10. The van der Waals surface area contributed by atoms with Gasteiger partial charge in [0.15, 0.2) is 18.1 Å². The Balaban J connectivity index is 1.82. The van der Waals surface area contributed by atoms with Crippen LogP contribution in [0.1, 0.15) is 32.8 Å². The molecule has 0 saturated carbocycles. The van der Waals surface area contributed by atoms with E-state index in [0.717, 1.165) is 51.4 Å². The van der Waals surface area contributed by atoms with Crippen molar-refractivity contribution in [3.05, 3.63) is 23.8 Å². The van der Waals surface area contributed by atoms with Gasteiger partial charge in [-0.3, -0.25) is 9.69 Å². The molecule has 0 aromatic heterocycles. The molecule has 1 fully saturated rings. The van der Waals surface area contributed by atoms with Crippen molar-refractivity contribution in [1.29, 1.82) is 0 Å². The highest BCUT2D eigenvalue weighted by atomic mass is 16.5. The summed E-state index contributed by atoms with van der Waals surface area (Å²) in [5.41, 5.74) is 0.695. The minimum atomic E-state index is -0.286. The topological polar surface area (TPSA) is 72.1 Å². The highest BCUT2D eigenvalue weighted by Gasteiger charge is 2.16. The van der Waals surface area contributed by atoms with Gasteiger partial charge in [0.25, 0.3) is 5.91 Å². The summed E-state index contributed by atoms with van der Waals surface area (Å²) >= 11 is 0. The van der Waals surface area contributed by atoms with Crippen LogP contribution in [0.25, 0.3) is 0 Å². The lowest BCUT2D eigenvalue weighted by atomic mass is 10.1. The highest BCUT2D eigenvalue weighted by Crippen LogP contribution is 2.31. The normalized spacial score (nSPS) is 15.3. The lowest BCUT2D eigenvalue weighted by Gasteiger charge is -2.26. The molecule has 2 N–H and O–H groups in total. The Labute approximate surface area is 168 Å². The fraction of sp³-hybridized carbons (Fsp3) is 0.667. The van der Waals surface area contributed by atoms with E-state index in [1.807, 2.05) is 39.0 Å². The number of para-hydroxylation sites is 1. The van der Waals surface area contributed by atoms with Crippen LogP contribution >= 0.6 is 0 Å². The Morgan fingerprint density at radius 1 is 1.25 bits per heavy atom. The van der Waals surface area contributed by atoms with Crippen molar-refractivity contribution in [1.82, 2.24) is 15.5 Å². The summed E-state index contributed by atoms with van der Waals surface area (Å²) in [7, 11) is 1.61. The quantitative estimate of drug-likeness (QED) is 0.591. The van der Waals surface area contributed by atoms with Crippen LogP contribution in [-0.4, -0.2) is 69.5 Å². The van der Waals surface area contributed by atoms with Gasteiger partial charge in [0.2, 0.25) is 0 Å². The summed E-state index contributed by atoms with van der Waals surface area (Å²) in [6.45, 7) is 12.2. The lowest BCUT2D eigenvalue weighted by molar-refractivity contribution is -0.124. The van der Waals surface area contributed by atoms with Crippen LogP contribution in [0.4, 0.5) is 0 Å². The molecule has 7 nitrogen and oxygen atoms in total. The van der Waals surface area contributed by atoms with Crippen molar-refractivity contribution >= 4 is 5.91 Å². The zero-order chi connectivity index (χ0) is 20.4. The van der Waals surface area contributed by atoms with Gasteiger partial charge in [-0.15, -0.1) is 0 Å². The van der Waals surface area contributed by atoms with Crippen LogP contribution in [0.2, 0.25) is 0 Å². The minimum Gasteiger partial charge on any atom is -0.493 e. The van der Waals surface area contributed by atoms with E-state index in [4.69, 9.17) is 14.2 Å². The molecule has 1 saturated heterocycles. The van der Waals surface area contributed by atoms with E-state index in [1.54, 1.807) is 7.11 Å². The number of hydrogen-bond donors (Lipinski definition) is 2. The summed E-state index contributed by atoms with van der Waals surface area (Å²) in [6.07, 6.45) is 1.08. The molecule has 0 unspecified atom stereocenters.